The highest BCUT2D eigenvalue weighted by Crippen LogP contribution is 2.19. The number of benzene rings is 1. The Bertz CT molecular complexity index is 298. The van der Waals surface area contributed by atoms with Gasteiger partial charge in [-0.15, -0.1) is 0 Å². The van der Waals surface area contributed by atoms with Gasteiger partial charge in [0.25, 0.3) is 0 Å². The molecule has 0 unspecified atom stereocenters. The summed E-state index contributed by atoms with van der Waals surface area (Å²) in [7, 11) is 0. The van der Waals surface area contributed by atoms with Gasteiger partial charge in [0.15, 0.2) is 0 Å². The van der Waals surface area contributed by atoms with Gasteiger partial charge >= 0.3 is 0 Å². The van der Waals surface area contributed by atoms with Crippen LogP contribution in [0.3, 0.4) is 0 Å². The van der Waals surface area contributed by atoms with E-state index in [-0.39, 0.29) is 10.6 Å². The lowest BCUT2D eigenvalue weighted by Crippen LogP contribution is -1.84. The van der Waals surface area contributed by atoms with Crippen LogP contribution >= 0.6 is 27.5 Å². The first-order valence-corrected chi connectivity index (χ1v) is 3.73. The van der Waals surface area contributed by atoms with E-state index in [9.17, 15) is 4.39 Å². The largest absolute Gasteiger partial charge is 0.205 e. The standard InChI is InChI=1S/C7H5BrClF/c8-4-5-2-1-3-6(9)7(5)10/h1-3H,4H2/i4D2. The summed E-state index contributed by atoms with van der Waals surface area (Å²) < 4.78 is 27.5. The fourth-order valence-corrected chi connectivity index (χ4v) is 1.06. The fraction of sp³-hybridized carbons (Fsp3) is 0.143. The maximum atomic E-state index is 13.1. The SMILES string of the molecule is [2H]C([2H])(Br)c1cccc(Cl)c1F. The average molecular weight is 225 g/mol. The van der Waals surface area contributed by atoms with Crippen molar-refractivity contribution in [2.24, 2.45) is 0 Å². The summed E-state index contributed by atoms with van der Waals surface area (Å²) in [5.41, 5.74) is -0.0880. The van der Waals surface area contributed by atoms with E-state index in [1.807, 2.05) is 0 Å². The average Bonchev–Trinajstić information content (AvgIpc) is 1.92. The highest BCUT2D eigenvalue weighted by atomic mass is 79.9. The van der Waals surface area contributed by atoms with Crippen molar-refractivity contribution in [2.75, 3.05) is 0 Å². The Morgan fingerprint density at radius 2 is 2.40 bits per heavy atom. The van der Waals surface area contributed by atoms with Crippen molar-refractivity contribution in [3.8, 4) is 0 Å². The summed E-state index contributed by atoms with van der Waals surface area (Å²) in [4.78, 5) is 0. The summed E-state index contributed by atoms with van der Waals surface area (Å²) >= 11 is 8.16. The van der Waals surface area contributed by atoms with E-state index in [0.717, 1.165) is 0 Å². The molecule has 0 heterocycles. The summed E-state index contributed by atoms with van der Waals surface area (Å²) in [5, 5.41) is -1.95. The fourth-order valence-electron chi connectivity index (χ4n) is 0.577. The zero-order valence-corrected chi connectivity index (χ0v) is 7.21. The Hall–Kier alpha value is -0.0800. The Morgan fingerprint density at radius 3 is 2.90 bits per heavy atom. The van der Waals surface area contributed by atoms with E-state index in [1.54, 1.807) is 0 Å². The molecular formula is C7H5BrClF. The van der Waals surface area contributed by atoms with Crippen molar-refractivity contribution in [1.82, 2.24) is 0 Å². The minimum Gasteiger partial charge on any atom is -0.205 e. The van der Waals surface area contributed by atoms with Crippen molar-refractivity contribution >= 4 is 27.5 Å². The second-order valence-corrected chi connectivity index (χ2v) is 2.50. The molecule has 1 rings (SSSR count). The normalized spacial score (nSPS) is 14.3. The minimum atomic E-state index is -1.87. The lowest BCUT2D eigenvalue weighted by molar-refractivity contribution is 0.618. The first-order chi connectivity index (χ1) is 5.43. The van der Waals surface area contributed by atoms with Gasteiger partial charge in [-0.1, -0.05) is 39.7 Å². The van der Waals surface area contributed by atoms with E-state index in [4.69, 9.17) is 14.3 Å². The highest BCUT2D eigenvalue weighted by molar-refractivity contribution is 9.08. The Labute approximate surface area is 74.9 Å². The smallest absolute Gasteiger partial charge is 0.145 e. The molecule has 0 aliphatic heterocycles. The molecule has 54 valence electrons. The molecule has 0 saturated heterocycles. The second kappa shape index (κ2) is 3.35. The molecule has 0 bridgehead atoms. The molecule has 0 atom stereocenters. The van der Waals surface area contributed by atoms with Crippen LogP contribution in [-0.4, -0.2) is 0 Å². The maximum absolute atomic E-state index is 13.1. The van der Waals surface area contributed by atoms with Gasteiger partial charge in [0.05, 0.1) is 5.02 Å². The quantitative estimate of drug-likeness (QED) is 0.643. The molecule has 10 heavy (non-hydrogen) atoms. The van der Waals surface area contributed by atoms with Gasteiger partial charge in [-0.2, -0.15) is 0 Å². The van der Waals surface area contributed by atoms with E-state index in [0.29, 0.717) is 0 Å². The van der Waals surface area contributed by atoms with Crippen LogP contribution in [-0.2, 0) is 5.28 Å². The van der Waals surface area contributed by atoms with Gasteiger partial charge in [0.1, 0.15) is 5.82 Å². The Kier molecular flexibility index (Phi) is 1.86. The van der Waals surface area contributed by atoms with Crippen molar-refractivity contribution < 1.29 is 7.13 Å². The summed E-state index contributed by atoms with van der Waals surface area (Å²) in [6, 6.07) is 4.22. The zero-order valence-electron chi connectivity index (χ0n) is 6.87. The van der Waals surface area contributed by atoms with E-state index in [1.165, 1.54) is 18.2 Å². The zero-order chi connectivity index (χ0) is 9.35. The molecule has 0 aromatic heterocycles. The molecule has 0 saturated carbocycles. The van der Waals surface area contributed by atoms with Gasteiger partial charge in [-0.05, 0) is 11.6 Å². The van der Waals surface area contributed by atoms with E-state index >= 15 is 0 Å². The van der Waals surface area contributed by atoms with Crippen molar-refractivity contribution in [2.45, 2.75) is 5.28 Å². The topological polar surface area (TPSA) is 0 Å². The maximum Gasteiger partial charge on any atom is 0.145 e. The van der Waals surface area contributed by atoms with Crippen LogP contribution in [0.4, 0.5) is 4.39 Å². The van der Waals surface area contributed by atoms with Gasteiger partial charge in [-0.3, -0.25) is 0 Å². The van der Waals surface area contributed by atoms with Crippen LogP contribution < -0.4 is 0 Å². The monoisotopic (exact) mass is 224 g/mol. The van der Waals surface area contributed by atoms with Crippen molar-refractivity contribution in [1.29, 1.82) is 0 Å². The molecule has 0 nitrogen and oxygen atoms in total. The molecular weight excluding hydrogens is 218 g/mol. The van der Waals surface area contributed by atoms with Gasteiger partial charge in [-0.25, -0.2) is 4.39 Å². The van der Waals surface area contributed by atoms with Crippen molar-refractivity contribution in [3.63, 3.8) is 0 Å². The van der Waals surface area contributed by atoms with Gasteiger partial charge in [0, 0.05) is 8.02 Å². The molecule has 0 aliphatic rings. The van der Waals surface area contributed by atoms with Crippen LogP contribution in [0.5, 0.6) is 0 Å². The van der Waals surface area contributed by atoms with Crippen LogP contribution in [0.2, 0.25) is 5.02 Å². The first kappa shape index (κ1) is 5.56. The lowest BCUT2D eigenvalue weighted by Gasteiger charge is -1.97. The van der Waals surface area contributed by atoms with Crippen LogP contribution in [0.1, 0.15) is 8.30 Å². The van der Waals surface area contributed by atoms with Crippen molar-refractivity contribution in [3.05, 3.63) is 34.6 Å². The number of rotatable bonds is 1. The van der Waals surface area contributed by atoms with Crippen LogP contribution in [0.15, 0.2) is 18.2 Å². The minimum absolute atomic E-state index is 0.0733. The summed E-state index contributed by atoms with van der Waals surface area (Å²) in [6.45, 7) is 0. The third-order valence-corrected chi connectivity index (χ3v) is 1.77. The third-order valence-electron chi connectivity index (χ3n) is 1.05. The number of hydrogen-bond acceptors (Lipinski definition) is 0. The molecule has 0 fully saturated rings. The number of alkyl halides is 1. The molecule has 1 aromatic carbocycles. The Balaban J connectivity index is 3.26. The van der Waals surface area contributed by atoms with Crippen LogP contribution in [0, 0.1) is 5.82 Å². The molecule has 0 aliphatic carbocycles. The van der Waals surface area contributed by atoms with E-state index < -0.39 is 11.1 Å². The molecule has 3 heteroatoms. The number of hydrogen-bond donors (Lipinski definition) is 0. The van der Waals surface area contributed by atoms with E-state index in [2.05, 4.69) is 15.9 Å². The first-order valence-electron chi connectivity index (χ1n) is 3.56. The van der Waals surface area contributed by atoms with Gasteiger partial charge in [0.2, 0.25) is 0 Å². The van der Waals surface area contributed by atoms with Gasteiger partial charge < -0.3 is 0 Å². The molecule has 0 N–H and O–H groups in total. The third kappa shape index (κ3) is 1.50. The lowest BCUT2D eigenvalue weighted by atomic mass is 10.2. The summed E-state index contributed by atoms with van der Waals surface area (Å²) in [6.07, 6.45) is 0. The highest BCUT2D eigenvalue weighted by Gasteiger charge is 2.02. The molecule has 0 amide bonds. The molecule has 1 aromatic rings. The number of halogens is 3. The molecule has 0 radical (unpaired) electrons. The second-order valence-electron chi connectivity index (χ2n) is 1.70. The summed E-state index contributed by atoms with van der Waals surface area (Å²) in [5.74, 6) is -0.721. The Morgan fingerprint density at radius 1 is 1.70 bits per heavy atom. The predicted molar refractivity (Wildman–Crippen MR) is 44.0 cm³/mol. The molecule has 0 spiro atoms. The predicted octanol–water partition coefficient (Wildman–Crippen LogP) is 3.37. The van der Waals surface area contributed by atoms with Crippen LogP contribution in [0.25, 0.3) is 0 Å².